The molecule has 0 fully saturated rings. The average molecular weight is 269 g/mol. The summed E-state index contributed by atoms with van der Waals surface area (Å²) in [6.45, 7) is 7.12. The third kappa shape index (κ3) is 4.07. The Balaban J connectivity index is 2.06. The van der Waals surface area contributed by atoms with Crippen molar-refractivity contribution in [3.8, 4) is 0 Å². The minimum atomic E-state index is 0.894. The van der Waals surface area contributed by atoms with E-state index in [0.29, 0.717) is 0 Å². The van der Waals surface area contributed by atoms with E-state index in [-0.39, 0.29) is 0 Å². The molecule has 0 aliphatic heterocycles. The van der Waals surface area contributed by atoms with Gasteiger partial charge in [0.15, 0.2) is 0 Å². The Morgan fingerprint density at radius 1 is 1.00 bits per heavy atom. The van der Waals surface area contributed by atoms with Crippen LogP contribution in [0.5, 0.6) is 0 Å². The molecule has 0 bridgehead atoms. The summed E-state index contributed by atoms with van der Waals surface area (Å²) >= 11 is 0. The summed E-state index contributed by atoms with van der Waals surface area (Å²) < 4.78 is 0. The first-order chi connectivity index (χ1) is 9.81. The molecule has 0 aliphatic carbocycles. The van der Waals surface area contributed by atoms with Gasteiger partial charge in [-0.2, -0.15) is 0 Å². The Morgan fingerprint density at radius 3 is 2.60 bits per heavy atom. The lowest BCUT2D eigenvalue weighted by Crippen LogP contribution is -2.22. The van der Waals surface area contributed by atoms with Crippen molar-refractivity contribution in [3.05, 3.63) is 59.3 Å². The van der Waals surface area contributed by atoms with Crippen LogP contribution < -0.4 is 10.6 Å². The van der Waals surface area contributed by atoms with E-state index in [4.69, 9.17) is 0 Å². The fraction of sp³-hybridized carbons (Fsp3) is 0.353. The van der Waals surface area contributed by atoms with Gasteiger partial charge >= 0.3 is 0 Å². The SMILES string of the molecule is CCNCCNc1ncccc1Cc1ccccc1C. The monoisotopic (exact) mass is 269 g/mol. The topological polar surface area (TPSA) is 37.0 Å². The van der Waals surface area contributed by atoms with E-state index in [0.717, 1.165) is 31.9 Å². The summed E-state index contributed by atoms with van der Waals surface area (Å²) in [6, 6.07) is 12.7. The Labute approximate surface area is 121 Å². The van der Waals surface area contributed by atoms with Crippen molar-refractivity contribution in [2.45, 2.75) is 20.3 Å². The molecule has 3 nitrogen and oxygen atoms in total. The van der Waals surface area contributed by atoms with Crippen molar-refractivity contribution >= 4 is 5.82 Å². The van der Waals surface area contributed by atoms with Crippen LogP contribution in [0.2, 0.25) is 0 Å². The van der Waals surface area contributed by atoms with E-state index in [9.17, 15) is 0 Å². The first-order valence-corrected chi connectivity index (χ1v) is 7.24. The Morgan fingerprint density at radius 2 is 1.80 bits per heavy atom. The van der Waals surface area contributed by atoms with Gasteiger partial charge in [0.05, 0.1) is 0 Å². The van der Waals surface area contributed by atoms with E-state index < -0.39 is 0 Å². The highest BCUT2D eigenvalue weighted by Gasteiger charge is 2.05. The zero-order chi connectivity index (χ0) is 14.2. The van der Waals surface area contributed by atoms with Crippen LogP contribution in [-0.2, 0) is 6.42 Å². The molecule has 1 heterocycles. The maximum absolute atomic E-state index is 4.46. The molecule has 2 N–H and O–H groups in total. The molecule has 0 saturated carbocycles. The second kappa shape index (κ2) is 7.65. The van der Waals surface area contributed by atoms with Crippen LogP contribution in [0.4, 0.5) is 5.82 Å². The van der Waals surface area contributed by atoms with Gasteiger partial charge < -0.3 is 10.6 Å². The van der Waals surface area contributed by atoms with Crippen LogP contribution >= 0.6 is 0 Å². The second-order valence-corrected chi connectivity index (χ2v) is 4.89. The van der Waals surface area contributed by atoms with Crippen molar-refractivity contribution in [3.63, 3.8) is 0 Å². The number of aromatic nitrogens is 1. The molecule has 106 valence electrons. The van der Waals surface area contributed by atoms with E-state index in [1.165, 1.54) is 16.7 Å². The lowest BCUT2D eigenvalue weighted by Gasteiger charge is -2.12. The van der Waals surface area contributed by atoms with Gasteiger partial charge in [0.1, 0.15) is 5.82 Å². The molecule has 3 heteroatoms. The van der Waals surface area contributed by atoms with Gasteiger partial charge in [0, 0.05) is 25.7 Å². The first kappa shape index (κ1) is 14.5. The normalized spacial score (nSPS) is 10.5. The smallest absolute Gasteiger partial charge is 0.129 e. The third-order valence-corrected chi connectivity index (χ3v) is 3.38. The minimum Gasteiger partial charge on any atom is -0.369 e. The van der Waals surface area contributed by atoms with Gasteiger partial charge in [-0.3, -0.25) is 0 Å². The van der Waals surface area contributed by atoms with Crippen molar-refractivity contribution in [2.75, 3.05) is 25.0 Å². The number of nitrogens with one attached hydrogen (secondary N) is 2. The second-order valence-electron chi connectivity index (χ2n) is 4.89. The largest absolute Gasteiger partial charge is 0.369 e. The molecular weight excluding hydrogens is 246 g/mol. The minimum absolute atomic E-state index is 0.894. The Bertz CT molecular complexity index is 537. The fourth-order valence-electron chi connectivity index (χ4n) is 2.20. The number of anilines is 1. The molecule has 2 rings (SSSR count). The molecule has 1 aromatic heterocycles. The van der Waals surface area contributed by atoms with Crippen LogP contribution in [0.25, 0.3) is 0 Å². The number of rotatable bonds is 7. The number of hydrogen-bond donors (Lipinski definition) is 2. The predicted octanol–water partition coefficient (Wildman–Crippen LogP) is 3.00. The molecule has 0 saturated heterocycles. The lowest BCUT2D eigenvalue weighted by atomic mass is 10.0. The number of likely N-dealkylation sites (N-methyl/N-ethyl adjacent to an activating group) is 1. The van der Waals surface area contributed by atoms with Crippen LogP contribution in [0.3, 0.4) is 0 Å². The highest BCUT2D eigenvalue weighted by Crippen LogP contribution is 2.18. The number of pyridine rings is 1. The summed E-state index contributed by atoms with van der Waals surface area (Å²) in [5.74, 6) is 0.994. The van der Waals surface area contributed by atoms with E-state index in [2.05, 4.69) is 59.8 Å². The van der Waals surface area contributed by atoms with Crippen molar-refractivity contribution in [2.24, 2.45) is 0 Å². The quantitative estimate of drug-likeness (QED) is 0.759. The molecule has 2 aromatic rings. The molecule has 0 atom stereocenters. The molecule has 0 radical (unpaired) electrons. The van der Waals surface area contributed by atoms with Crippen molar-refractivity contribution < 1.29 is 0 Å². The van der Waals surface area contributed by atoms with E-state index in [1.54, 1.807) is 0 Å². The summed E-state index contributed by atoms with van der Waals surface area (Å²) in [6.07, 6.45) is 2.76. The van der Waals surface area contributed by atoms with E-state index >= 15 is 0 Å². The summed E-state index contributed by atoms with van der Waals surface area (Å²) in [4.78, 5) is 4.46. The standard InChI is InChI=1S/C17H23N3/c1-3-18-11-12-20-17-16(9-6-10-19-17)13-15-8-5-4-7-14(15)2/h4-10,18H,3,11-13H2,1-2H3,(H,19,20). The number of aryl methyl sites for hydroxylation is 1. The lowest BCUT2D eigenvalue weighted by molar-refractivity contribution is 0.737. The highest BCUT2D eigenvalue weighted by atomic mass is 15.0. The summed E-state index contributed by atoms with van der Waals surface area (Å²) in [5, 5.41) is 6.72. The predicted molar refractivity (Wildman–Crippen MR) is 85.3 cm³/mol. The number of hydrogen-bond acceptors (Lipinski definition) is 3. The Hall–Kier alpha value is -1.87. The van der Waals surface area contributed by atoms with Gasteiger partial charge in [0.2, 0.25) is 0 Å². The molecule has 0 aliphatic rings. The third-order valence-electron chi connectivity index (χ3n) is 3.38. The first-order valence-electron chi connectivity index (χ1n) is 7.24. The van der Waals surface area contributed by atoms with E-state index in [1.807, 2.05) is 12.3 Å². The summed E-state index contributed by atoms with van der Waals surface area (Å²) in [5.41, 5.74) is 3.93. The average Bonchev–Trinajstić information content (AvgIpc) is 2.47. The van der Waals surface area contributed by atoms with Crippen molar-refractivity contribution in [1.29, 1.82) is 0 Å². The number of benzene rings is 1. The fourth-order valence-corrected chi connectivity index (χ4v) is 2.20. The van der Waals surface area contributed by atoms with Crippen molar-refractivity contribution in [1.82, 2.24) is 10.3 Å². The van der Waals surface area contributed by atoms with Gasteiger partial charge in [0.25, 0.3) is 0 Å². The van der Waals surface area contributed by atoms with Gasteiger partial charge in [-0.15, -0.1) is 0 Å². The maximum atomic E-state index is 4.46. The van der Waals surface area contributed by atoms with Crippen LogP contribution in [-0.4, -0.2) is 24.6 Å². The molecule has 0 amide bonds. The van der Waals surface area contributed by atoms with Gasteiger partial charge in [-0.05, 0) is 36.2 Å². The molecule has 1 aromatic carbocycles. The van der Waals surface area contributed by atoms with Gasteiger partial charge in [-0.25, -0.2) is 4.98 Å². The summed E-state index contributed by atoms with van der Waals surface area (Å²) in [7, 11) is 0. The highest BCUT2D eigenvalue weighted by molar-refractivity contribution is 5.47. The van der Waals surface area contributed by atoms with Crippen LogP contribution in [0.1, 0.15) is 23.6 Å². The zero-order valence-electron chi connectivity index (χ0n) is 12.3. The molecule has 0 spiro atoms. The molecule has 0 unspecified atom stereocenters. The zero-order valence-corrected chi connectivity index (χ0v) is 12.3. The number of nitrogens with zero attached hydrogens (tertiary/aromatic N) is 1. The molecular formula is C17H23N3. The van der Waals surface area contributed by atoms with Crippen LogP contribution in [0.15, 0.2) is 42.6 Å². The van der Waals surface area contributed by atoms with Gasteiger partial charge in [-0.1, -0.05) is 37.3 Å². The molecule has 20 heavy (non-hydrogen) atoms. The Kier molecular flexibility index (Phi) is 5.56. The van der Waals surface area contributed by atoms with Crippen LogP contribution in [0, 0.1) is 6.92 Å². The maximum Gasteiger partial charge on any atom is 0.129 e.